The molecule has 0 aliphatic rings. The average Bonchev–Trinajstić information content (AvgIpc) is 3.26. The van der Waals surface area contributed by atoms with Crippen molar-refractivity contribution in [1.82, 2.24) is 0 Å². The Morgan fingerprint density at radius 3 is 0.690 bits per heavy atom. The third kappa shape index (κ3) is 12.0. The van der Waals surface area contributed by atoms with Gasteiger partial charge in [-0.05, 0) is 72.8 Å². The molecule has 6 aromatic rings. The predicted molar refractivity (Wildman–Crippen MR) is 202 cm³/mol. The fraction of sp³-hybridized carbons (Fsp3) is 0.0667. The Balaban J connectivity index is 0.000000231. The number of hydrogen-bond acceptors (Lipinski definition) is 12. The molecule has 0 bridgehead atoms. The summed E-state index contributed by atoms with van der Waals surface area (Å²) in [7, 11) is 4.59. The van der Waals surface area contributed by atoms with Gasteiger partial charge in [0.15, 0.2) is 17.3 Å². The van der Waals surface area contributed by atoms with Gasteiger partial charge in [0, 0.05) is 50.1 Å². The zero-order valence-electron chi connectivity index (χ0n) is 31.1. The van der Waals surface area contributed by atoms with E-state index in [9.17, 15) is 44.1 Å². The maximum Gasteiger partial charge on any atom is 3.00 e. The molecular formula is C45H33O12Tb. The van der Waals surface area contributed by atoms with Crippen LogP contribution in [0.25, 0.3) is 0 Å². The molecule has 0 amide bonds. The second-order valence-electron chi connectivity index (χ2n) is 11.7. The van der Waals surface area contributed by atoms with Crippen molar-refractivity contribution in [3.63, 3.8) is 0 Å². The van der Waals surface area contributed by atoms with Crippen molar-refractivity contribution in [2.24, 2.45) is 0 Å². The SMILES string of the molecule is COc1ccc(C(=O)c2ccccc2C(=O)[O-])cc1.COc1ccc(C(=O)c2ccccc2C(=O)[O-])cc1.COc1ccc(C(=O)c2ccccc2C(=O)[O-])cc1.[Tb+3]. The van der Waals surface area contributed by atoms with Crippen LogP contribution in [0.15, 0.2) is 146 Å². The van der Waals surface area contributed by atoms with E-state index in [-0.39, 0.29) is 89.3 Å². The Bertz CT molecular complexity index is 2120. The second kappa shape index (κ2) is 22.2. The number of carboxylic acid groups (broad SMARTS) is 3. The Kier molecular flexibility index (Phi) is 17.6. The van der Waals surface area contributed by atoms with E-state index in [2.05, 4.69) is 0 Å². The topological polar surface area (TPSA) is 199 Å². The number of hydrogen-bond donors (Lipinski definition) is 0. The summed E-state index contributed by atoms with van der Waals surface area (Å²) in [4.78, 5) is 69.6. The largest absolute Gasteiger partial charge is 3.00 e. The van der Waals surface area contributed by atoms with Gasteiger partial charge in [-0.3, -0.25) is 14.4 Å². The number of carbonyl (C=O) groups excluding carboxylic acids is 6. The number of methoxy groups -OCH3 is 3. The molecule has 6 aromatic carbocycles. The Morgan fingerprint density at radius 1 is 0.328 bits per heavy atom. The van der Waals surface area contributed by atoms with Crippen molar-refractivity contribution in [1.29, 1.82) is 0 Å². The fourth-order valence-corrected chi connectivity index (χ4v) is 5.27. The third-order valence-electron chi connectivity index (χ3n) is 8.23. The van der Waals surface area contributed by atoms with Crippen LogP contribution in [0.4, 0.5) is 0 Å². The Labute approximate surface area is 364 Å². The molecule has 0 spiro atoms. The molecule has 0 heterocycles. The molecule has 0 N–H and O–H groups in total. The van der Waals surface area contributed by atoms with Gasteiger partial charge in [-0.2, -0.15) is 0 Å². The monoisotopic (exact) mass is 924 g/mol. The molecule has 0 aromatic heterocycles. The summed E-state index contributed by atoms with van der Waals surface area (Å²) >= 11 is 0. The number of aromatic carboxylic acids is 3. The normalized spacial score (nSPS) is 9.78. The van der Waals surface area contributed by atoms with Crippen molar-refractivity contribution in [2.75, 3.05) is 21.3 Å². The van der Waals surface area contributed by atoms with E-state index in [1.807, 2.05) is 0 Å². The summed E-state index contributed by atoms with van der Waals surface area (Å²) in [6.07, 6.45) is 0. The van der Waals surface area contributed by atoms with Crippen LogP contribution in [0.5, 0.6) is 17.2 Å². The van der Waals surface area contributed by atoms with Crippen LogP contribution in [-0.2, 0) is 0 Å². The Morgan fingerprint density at radius 2 is 0.517 bits per heavy atom. The molecule has 0 aliphatic heterocycles. The number of carboxylic acids is 3. The molecule has 0 saturated heterocycles. The van der Waals surface area contributed by atoms with Crippen LogP contribution in [0.1, 0.15) is 78.8 Å². The van der Waals surface area contributed by atoms with Crippen molar-refractivity contribution in [3.8, 4) is 17.2 Å². The van der Waals surface area contributed by atoms with Crippen LogP contribution >= 0.6 is 0 Å². The van der Waals surface area contributed by atoms with Gasteiger partial charge in [0.1, 0.15) is 17.2 Å². The van der Waals surface area contributed by atoms with Gasteiger partial charge < -0.3 is 43.9 Å². The van der Waals surface area contributed by atoms with E-state index in [1.54, 1.807) is 109 Å². The molecule has 0 atom stereocenters. The summed E-state index contributed by atoms with van der Waals surface area (Å²) in [5.41, 5.74) is 1.22. The molecule has 13 heteroatoms. The maximum absolute atomic E-state index is 12.2. The van der Waals surface area contributed by atoms with E-state index in [0.29, 0.717) is 33.9 Å². The summed E-state index contributed by atoms with van der Waals surface area (Å²) in [5.74, 6) is -3.28. The Hall–Kier alpha value is -6.57. The number of rotatable bonds is 12. The van der Waals surface area contributed by atoms with E-state index < -0.39 is 17.9 Å². The number of ketones is 3. The van der Waals surface area contributed by atoms with Crippen molar-refractivity contribution in [3.05, 3.63) is 196 Å². The average molecular weight is 925 g/mol. The van der Waals surface area contributed by atoms with Crippen LogP contribution in [0, 0.1) is 38.6 Å². The summed E-state index contributed by atoms with van der Waals surface area (Å²) in [5, 5.41) is 32.9. The fourth-order valence-electron chi connectivity index (χ4n) is 5.27. The third-order valence-corrected chi connectivity index (χ3v) is 8.23. The van der Waals surface area contributed by atoms with Gasteiger partial charge in [0.2, 0.25) is 0 Å². The minimum absolute atomic E-state index is 0. The van der Waals surface area contributed by atoms with Crippen LogP contribution in [-0.4, -0.2) is 56.6 Å². The second-order valence-corrected chi connectivity index (χ2v) is 11.7. The molecule has 0 fully saturated rings. The van der Waals surface area contributed by atoms with Crippen molar-refractivity contribution >= 4 is 35.3 Å². The van der Waals surface area contributed by atoms with E-state index in [0.717, 1.165) is 0 Å². The molecule has 0 radical (unpaired) electrons. The standard InChI is InChI=1S/3C15H12O4.Tb/c3*1-19-11-8-6-10(7-9-11)14(16)12-4-2-3-5-13(12)15(17)18;/h3*2-9H,1H3,(H,17,18);/q;;;+3/p-3. The van der Waals surface area contributed by atoms with Crippen LogP contribution < -0.4 is 29.5 Å². The predicted octanol–water partition coefficient (Wildman–Crippen LogP) is 3.87. The molecule has 58 heavy (non-hydrogen) atoms. The van der Waals surface area contributed by atoms with Gasteiger partial charge >= 0.3 is 38.6 Å². The molecule has 294 valence electrons. The first-order valence-electron chi connectivity index (χ1n) is 16.9. The zero-order valence-corrected chi connectivity index (χ0v) is 33.2. The minimum Gasteiger partial charge on any atom is -0.545 e. The van der Waals surface area contributed by atoms with Gasteiger partial charge in [-0.1, -0.05) is 72.8 Å². The van der Waals surface area contributed by atoms with Crippen LogP contribution in [0.3, 0.4) is 0 Å². The van der Waals surface area contributed by atoms with Crippen molar-refractivity contribution < 1.29 is 96.9 Å². The summed E-state index contributed by atoms with van der Waals surface area (Å²) in [6, 6.07) is 37.4. The van der Waals surface area contributed by atoms with Gasteiger partial charge in [-0.15, -0.1) is 0 Å². The van der Waals surface area contributed by atoms with E-state index >= 15 is 0 Å². The smallest absolute Gasteiger partial charge is 0.545 e. The molecule has 6 rings (SSSR count). The van der Waals surface area contributed by atoms with E-state index in [4.69, 9.17) is 14.2 Å². The van der Waals surface area contributed by atoms with Crippen LogP contribution in [0.2, 0.25) is 0 Å². The molecule has 0 unspecified atom stereocenters. The molecular weight excluding hydrogens is 891 g/mol. The van der Waals surface area contributed by atoms with E-state index in [1.165, 1.54) is 57.7 Å². The first-order chi connectivity index (χ1) is 27.4. The molecule has 0 saturated carbocycles. The first kappa shape index (κ1) is 45.8. The maximum atomic E-state index is 12.2. The minimum atomic E-state index is -1.36. The quantitative estimate of drug-likeness (QED) is 0.161. The summed E-state index contributed by atoms with van der Waals surface area (Å²) < 4.78 is 15.0. The first-order valence-corrected chi connectivity index (χ1v) is 16.9. The summed E-state index contributed by atoms with van der Waals surface area (Å²) in [6.45, 7) is 0. The number of ether oxygens (including phenoxy) is 3. The molecule has 12 nitrogen and oxygen atoms in total. The van der Waals surface area contributed by atoms with Gasteiger partial charge in [-0.25, -0.2) is 0 Å². The van der Waals surface area contributed by atoms with Crippen molar-refractivity contribution in [2.45, 2.75) is 0 Å². The number of benzene rings is 6. The van der Waals surface area contributed by atoms with Gasteiger partial charge in [0.25, 0.3) is 0 Å². The number of carbonyl (C=O) groups is 6. The van der Waals surface area contributed by atoms with Gasteiger partial charge in [0.05, 0.1) is 39.2 Å². The molecule has 0 aliphatic carbocycles. The zero-order chi connectivity index (χ0) is 41.5.